The maximum atomic E-state index is 12.7. The first-order valence-corrected chi connectivity index (χ1v) is 9.88. The molecule has 0 spiro atoms. The van der Waals surface area contributed by atoms with Crippen LogP contribution in [0.5, 0.6) is 0 Å². The molecule has 3 aliphatic rings. The summed E-state index contributed by atoms with van der Waals surface area (Å²) in [4.78, 5) is 40.4. The Morgan fingerprint density at radius 2 is 1.38 bits per heavy atom. The van der Waals surface area contributed by atoms with Gasteiger partial charge in [-0.1, -0.05) is 42.5 Å². The van der Waals surface area contributed by atoms with Crippen molar-refractivity contribution in [2.45, 2.75) is 12.1 Å². The van der Waals surface area contributed by atoms with Gasteiger partial charge < -0.3 is 0 Å². The zero-order valence-corrected chi connectivity index (χ0v) is 16.2. The Bertz CT molecular complexity index is 985. The van der Waals surface area contributed by atoms with Crippen LogP contribution in [0.1, 0.15) is 26.3 Å². The number of hydrogen-bond donors (Lipinski definition) is 0. The topological polar surface area (TPSA) is 57.7 Å². The molecular weight excluding hydrogens is 463 g/mol. The van der Waals surface area contributed by atoms with Gasteiger partial charge in [-0.3, -0.25) is 23.6 Å². The fourth-order valence-electron chi connectivity index (χ4n) is 3.56. The average molecular weight is 474 g/mol. The Labute approximate surface area is 167 Å². The zero-order chi connectivity index (χ0) is 18.0. The highest BCUT2D eigenvalue weighted by molar-refractivity contribution is 14.1. The Morgan fingerprint density at radius 1 is 0.808 bits per heavy atom. The van der Waals surface area contributed by atoms with Crippen molar-refractivity contribution in [2.75, 3.05) is 0 Å². The fraction of sp³-hybridized carbons (Fsp3) is 0.105. The van der Waals surface area contributed by atoms with E-state index >= 15 is 0 Å². The zero-order valence-electron chi connectivity index (χ0n) is 13.3. The number of halogens is 1. The van der Waals surface area contributed by atoms with E-state index in [2.05, 4.69) is 22.6 Å². The highest BCUT2D eigenvalue weighted by atomic mass is 127. The minimum Gasteiger partial charge on any atom is -0.271 e. The maximum Gasteiger partial charge on any atom is 0.262 e. The Kier molecular flexibility index (Phi) is 3.51. The van der Waals surface area contributed by atoms with E-state index in [0.29, 0.717) is 11.1 Å². The van der Waals surface area contributed by atoms with Crippen molar-refractivity contribution in [1.82, 2.24) is 9.21 Å². The van der Waals surface area contributed by atoms with Crippen LogP contribution in [-0.2, 0) is 4.79 Å². The quantitative estimate of drug-likeness (QED) is 0.290. The first kappa shape index (κ1) is 16.1. The number of nitrogens with zero attached hydrogens (tertiary/aromatic N) is 2. The molecule has 0 aliphatic carbocycles. The Morgan fingerprint density at radius 3 is 2.00 bits per heavy atom. The van der Waals surface area contributed by atoms with Crippen molar-refractivity contribution >= 4 is 57.2 Å². The summed E-state index contributed by atoms with van der Waals surface area (Å²) in [6.45, 7) is 0. The molecular formula is C19H11IN2O3S. The van der Waals surface area contributed by atoms with Gasteiger partial charge in [0, 0.05) is 8.48 Å². The van der Waals surface area contributed by atoms with Gasteiger partial charge in [-0.15, -0.1) is 0 Å². The van der Waals surface area contributed by atoms with E-state index in [1.807, 2.05) is 30.3 Å². The lowest BCUT2D eigenvalue weighted by Gasteiger charge is -2.44. The second-order valence-corrected chi connectivity index (χ2v) is 8.36. The van der Waals surface area contributed by atoms with Crippen molar-refractivity contribution < 1.29 is 14.4 Å². The highest BCUT2D eigenvalue weighted by Gasteiger charge is 2.60. The van der Waals surface area contributed by atoms with Gasteiger partial charge in [-0.25, -0.2) is 0 Å². The van der Waals surface area contributed by atoms with Gasteiger partial charge in [0.15, 0.2) is 0 Å². The molecule has 0 radical (unpaired) electrons. The van der Waals surface area contributed by atoms with Gasteiger partial charge >= 0.3 is 0 Å². The van der Waals surface area contributed by atoms with Crippen LogP contribution >= 0.6 is 34.5 Å². The third-order valence-corrected chi connectivity index (χ3v) is 7.61. The van der Waals surface area contributed by atoms with Crippen molar-refractivity contribution in [3.63, 3.8) is 0 Å². The SMILES string of the molecule is O=C1[C@H](N2C(=O)c3ccccc3C2=O)[C@@H]2C(I)=C(c3ccccc3)SN12. The van der Waals surface area contributed by atoms with E-state index in [-0.39, 0.29) is 23.8 Å². The van der Waals surface area contributed by atoms with Crippen LogP contribution in [0.3, 0.4) is 0 Å². The number of amides is 3. The Hall–Kier alpha value is -2.13. The summed E-state index contributed by atoms with van der Waals surface area (Å²) in [6.07, 6.45) is 0. The lowest BCUT2D eigenvalue weighted by atomic mass is 9.96. The van der Waals surface area contributed by atoms with Crippen LogP contribution in [0, 0.1) is 0 Å². The number of β-lactam (4-membered cyclic amide) rings is 1. The molecule has 2 atom stereocenters. The maximum absolute atomic E-state index is 12.7. The fourth-order valence-corrected chi connectivity index (χ4v) is 6.15. The van der Waals surface area contributed by atoms with Crippen LogP contribution in [0.4, 0.5) is 0 Å². The van der Waals surface area contributed by atoms with Crippen LogP contribution in [0.25, 0.3) is 4.91 Å². The molecule has 2 aromatic carbocycles. The molecule has 0 N–H and O–H groups in total. The first-order valence-electron chi connectivity index (χ1n) is 8.02. The molecule has 5 nitrogen and oxygen atoms in total. The summed E-state index contributed by atoms with van der Waals surface area (Å²) in [5.41, 5.74) is 1.78. The molecule has 2 aromatic rings. The molecule has 0 aromatic heterocycles. The molecule has 0 bridgehead atoms. The number of carbonyl (C=O) groups is 3. The molecule has 1 saturated heterocycles. The van der Waals surface area contributed by atoms with Crippen molar-refractivity contribution in [3.8, 4) is 0 Å². The first-order chi connectivity index (χ1) is 12.6. The molecule has 128 valence electrons. The molecule has 3 aliphatic heterocycles. The number of hydrogen-bond acceptors (Lipinski definition) is 4. The summed E-state index contributed by atoms with van der Waals surface area (Å²) >= 11 is 3.62. The minimum atomic E-state index is -0.761. The molecule has 3 heterocycles. The number of imide groups is 1. The second-order valence-electron chi connectivity index (χ2n) is 6.21. The van der Waals surface area contributed by atoms with E-state index < -0.39 is 6.04 Å². The Balaban J connectivity index is 1.53. The number of carbonyl (C=O) groups excluding carboxylic acids is 3. The minimum absolute atomic E-state index is 0.199. The summed E-state index contributed by atoms with van der Waals surface area (Å²) < 4.78 is 2.65. The van der Waals surface area contributed by atoms with Crippen molar-refractivity contribution in [2.24, 2.45) is 0 Å². The average Bonchev–Trinajstić information content (AvgIpc) is 3.10. The van der Waals surface area contributed by atoms with Crippen LogP contribution in [0.15, 0.2) is 58.2 Å². The number of rotatable bonds is 2. The van der Waals surface area contributed by atoms with Crippen LogP contribution in [0.2, 0.25) is 0 Å². The van der Waals surface area contributed by atoms with Crippen molar-refractivity contribution in [1.29, 1.82) is 0 Å². The van der Waals surface area contributed by atoms with Gasteiger partial charge in [0.2, 0.25) is 0 Å². The highest BCUT2D eigenvalue weighted by Crippen LogP contribution is 2.54. The molecule has 7 heteroatoms. The van der Waals surface area contributed by atoms with Gasteiger partial charge in [0.1, 0.15) is 12.1 Å². The molecule has 26 heavy (non-hydrogen) atoms. The lowest BCUT2D eigenvalue weighted by molar-refractivity contribution is -0.142. The van der Waals surface area contributed by atoms with Crippen LogP contribution < -0.4 is 0 Å². The normalized spacial score (nSPS) is 24.1. The summed E-state index contributed by atoms with van der Waals surface area (Å²) in [5.74, 6) is -0.966. The van der Waals surface area contributed by atoms with E-state index in [1.54, 1.807) is 28.6 Å². The smallest absolute Gasteiger partial charge is 0.262 e. The van der Waals surface area contributed by atoms with E-state index in [1.165, 1.54) is 11.9 Å². The van der Waals surface area contributed by atoms with E-state index in [9.17, 15) is 14.4 Å². The van der Waals surface area contributed by atoms with Gasteiger partial charge in [-0.2, -0.15) is 0 Å². The lowest BCUT2D eigenvalue weighted by Crippen LogP contribution is -2.68. The van der Waals surface area contributed by atoms with E-state index in [4.69, 9.17) is 0 Å². The predicted octanol–water partition coefficient (Wildman–Crippen LogP) is 3.33. The number of fused-ring (bicyclic) bond motifs is 2. The molecule has 0 unspecified atom stereocenters. The number of benzene rings is 2. The standard InChI is InChI=1S/C19H11IN2O3S/c20-13-14-15(21-17(23)11-8-4-5-9-12(11)18(21)24)19(25)22(14)26-16(13)10-6-2-1-3-7-10/h1-9,14-15H/t14-,15+/m0/s1. The predicted molar refractivity (Wildman–Crippen MR) is 106 cm³/mol. The van der Waals surface area contributed by atoms with E-state index in [0.717, 1.165) is 18.9 Å². The summed E-state index contributed by atoms with van der Waals surface area (Å²) in [7, 11) is 0. The van der Waals surface area contributed by atoms with Crippen LogP contribution in [-0.4, -0.2) is 39.0 Å². The van der Waals surface area contributed by atoms with Gasteiger partial charge in [0.25, 0.3) is 17.7 Å². The molecule has 1 fully saturated rings. The molecule has 5 rings (SSSR count). The van der Waals surface area contributed by atoms with Crippen molar-refractivity contribution in [3.05, 3.63) is 74.9 Å². The molecule has 0 saturated carbocycles. The molecule has 3 amide bonds. The van der Waals surface area contributed by atoms with Gasteiger partial charge in [-0.05, 0) is 52.2 Å². The third kappa shape index (κ3) is 2.01. The van der Waals surface area contributed by atoms with Gasteiger partial charge in [0.05, 0.1) is 11.1 Å². The summed E-state index contributed by atoms with van der Waals surface area (Å²) in [5, 5.41) is 0. The monoisotopic (exact) mass is 474 g/mol. The second kappa shape index (κ2) is 5.68. The third-order valence-electron chi connectivity index (χ3n) is 4.83. The largest absolute Gasteiger partial charge is 0.271 e. The summed E-state index contributed by atoms with van der Waals surface area (Å²) in [6, 6.07) is 15.5.